The van der Waals surface area contributed by atoms with Crippen LogP contribution in [0.4, 0.5) is 5.69 Å². The molecule has 1 N–H and O–H groups in total. The first-order valence-electron chi connectivity index (χ1n) is 6.94. The Labute approximate surface area is 115 Å². The first-order chi connectivity index (χ1) is 9.13. The molecular formula is C14H24N4O. The zero-order valence-electron chi connectivity index (χ0n) is 12.3. The molecule has 19 heavy (non-hydrogen) atoms. The molecule has 1 atom stereocenters. The Balaban J connectivity index is 2.27. The molecule has 106 valence electrons. The third-order valence-corrected chi connectivity index (χ3v) is 3.56. The highest BCUT2D eigenvalue weighted by Gasteiger charge is 2.23. The number of rotatable bonds is 5. The molecule has 5 heteroatoms. The van der Waals surface area contributed by atoms with Gasteiger partial charge in [0.2, 0.25) is 0 Å². The number of hydrogen-bond donors (Lipinski definition) is 1. The standard InChI is InChI=1S/C14H24N4O/c1-10(2)14-16-8-13(12(17-14)7-15-3)18(4)11-5-6-19-9-11/h8,10-11,15H,5-7,9H2,1-4H3. The van der Waals surface area contributed by atoms with Crippen molar-refractivity contribution in [2.24, 2.45) is 0 Å². The fraction of sp³-hybridized carbons (Fsp3) is 0.714. The molecule has 1 aromatic heterocycles. The van der Waals surface area contributed by atoms with Crippen molar-refractivity contribution >= 4 is 5.69 Å². The lowest BCUT2D eigenvalue weighted by Gasteiger charge is -2.27. The summed E-state index contributed by atoms with van der Waals surface area (Å²) in [5, 5.41) is 3.19. The van der Waals surface area contributed by atoms with Crippen molar-refractivity contribution in [2.75, 3.05) is 32.2 Å². The van der Waals surface area contributed by atoms with Gasteiger partial charge in [0.15, 0.2) is 0 Å². The van der Waals surface area contributed by atoms with Gasteiger partial charge in [-0.1, -0.05) is 13.8 Å². The van der Waals surface area contributed by atoms with E-state index in [1.54, 1.807) is 0 Å². The van der Waals surface area contributed by atoms with Gasteiger partial charge in [-0.25, -0.2) is 9.97 Å². The van der Waals surface area contributed by atoms with E-state index in [9.17, 15) is 0 Å². The van der Waals surface area contributed by atoms with Crippen LogP contribution in [-0.2, 0) is 11.3 Å². The molecule has 5 nitrogen and oxygen atoms in total. The fourth-order valence-corrected chi connectivity index (χ4v) is 2.32. The van der Waals surface area contributed by atoms with E-state index in [2.05, 4.69) is 36.1 Å². The first kappa shape index (κ1) is 14.2. The number of hydrogen-bond acceptors (Lipinski definition) is 5. The topological polar surface area (TPSA) is 50.3 Å². The summed E-state index contributed by atoms with van der Waals surface area (Å²) in [5.41, 5.74) is 2.17. The predicted octanol–water partition coefficient (Wildman–Crippen LogP) is 1.54. The Bertz CT molecular complexity index is 416. The van der Waals surface area contributed by atoms with Crippen molar-refractivity contribution in [2.45, 2.75) is 38.8 Å². The van der Waals surface area contributed by atoms with Crippen LogP contribution in [0.25, 0.3) is 0 Å². The quantitative estimate of drug-likeness (QED) is 0.874. The van der Waals surface area contributed by atoms with E-state index in [4.69, 9.17) is 9.72 Å². The number of aromatic nitrogens is 2. The Hall–Kier alpha value is -1.20. The summed E-state index contributed by atoms with van der Waals surface area (Å²) in [6.07, 6.45) is 3.02. The highest BCUT2D eigenvalue weighted by Crippen LogP contribution is 2.24. The lowest BCUT2D eigenvalue weighted by Crippen LogP contribution is -2.33. The molecule has 0 saturated carbocycles. The highest BCUT2D eigenvalue weighted by atomic mass is 16.5. The monoisotopic (exact) mass is 264 g/mol. The molecular weight excluding hydrogens is 240 g/mol. The summed E-state index contributed by atoms with van der Waals surface area (Å²) in [7, 11) is 4.05. The summed E-state index contributed by atoms with van der Waals surface area (Å²) in [4.78, 5) is 11.4. The van der Waals surface area contributed by atoms with Crippen LogP contribution in [0.2, 0.25) is 0 Å². The van der Waals surface area contributed by atoms with Gasteiger partial charge >= 0.3 is 0 Å². The van der Waals surface area contributed by atoms with E-state index in [-0.39, 0.29) is 0 Å². The molecule has 2 heterocycles. The maximum Gasteiger partial charge on any atom is 0.131 e. The van der Waals surface area contributed by atoms with Crippen molar-refractivity contribution in [1.82, 2.24) is 15.3 Å². The van der Waals surface area contributed by atoms with Crippen LogP contribution >= 0.6 is 0 Å². The predicted molar refractivity (Wildman–Crippen MR) is 76.5 cm³/mol. The third-order valence-electron chi connectivity index (χ3n) is 3.56. The molecule has 2 rings (SSSR count). The van der Waals surface area contributed by atoms with Gasteiger partial charge in [0, 0.05) is 26.1 Å². The van der Waals surface area contributed by atoms with Crippen LogP contribution in [0.5, 0.6) is 0 Å². The zero-order chi connectivity index (χ0) is 13.8. The minimum absolute atomic E-state index is 0.352. The lowest BCUT2D eigenvalue weighted by molar-refractivity contribution is 0.193. The van der Waals surface area contributed by atoms with Crippen LogP contribution < -0.4 is 10.2 Å². The second kappa shape index (κ2) is 6.30. The van der Waals surface area contributed by atoms with E-state index in [1.165, 1.54) is 0 Å². The van der Waals surface area contributed by atoms with Crippen LogP contribution in [0, 0.1) is 0 Å². The summed E-state index contributed by atoms with van der Waals surface area (Å²) in [6.45, 7) is 6.64. The number of likely N-dealkylation sites (N-methyl/N-ethyl adjacent to an activating group) is 1. The van der Waals surface area contributed by atoms with E-state index in [0.29, 0.717) is 12.0 Å². The summed E-state index contributed by atoms with van der Waals surface area (Å²) in [6, 6.07) is 0.434. The number of nitrogens with zero attached hydrogens (tertiary/aromatic N) is 3. The maximum atomic E-state index is 5.46. The van der Waals surface area contributed by atoms with Gasteiger partial charge < -0.3 is 15.0 Å². The zero-order valence-corrected chi connectivity index (χ0v) is 12.3. The summed E-state index contributed by atoms with van der Waals surface area (Å²) in [5.74, 6) is 1.26. The fourth-order valence-electron chi connectivity index (χ4n) is 2.32. The Kier molecular flexibility index (Phi) is 4.71. The number of nitrogens with one attached hydrogen (secondary N) is 1. The molecule has 1 aliphatic rings. The maximum absolute atomic E-state index is 5.46. The van der Waals surface area contributed by atoms with Crippen molar-refractivity contribution in [3.8, 4) is 0 Å². The van der Waals surface area contributed by atoms with Crippen molar-refractivity contribution in [1.29, 1.82) is 0 Å². The molecule has 0 bridgehead atoms. The van der Waals surface area contributed by atoms with Crippen molar-refractivity contribution in [3.63, 3.8) is 0 Å². The van der Waals surface area contributed by atoms with Crippen LogP contribution in [-0.4, -0.2) is 43.3 Å². The average Bonchev–Trinajstić information content (AvgIpc) is 2.92. The Morgan fingerprint density at radius 2 is 2.32 bits per heavy atom. The van der Waals surface area contributed by atoms with E-state index < -0.39 is 0 Å². The van der Waals surface area contributed by atoms with E-state index in [1.807, 2.05) is 13.2 Å². The highest BCUT2D eigenvalue weighted by molar-refractivity contribution is 5.49. The molecule has 0 amide bonds. The van der Waals surface area contributed by atoms with Crippen molar-refractivity contribution in [3.05, 3.63) is 17.7 Å². The van der Waals surface area contributed by atoms with Gasteiger partial charge in [0.1, 0.15) is 5.82 Å². The van der Waals surface area contributed by atoms with E-state index >= 15 is 0 Å². The second-order valence-corrected chi connectivity index (χ2v) is 5.37. The van der Waals surface area contributed by atoms with Gasteiger partial charge in [-0.05, 0) is 13.5 Å². The number of ether oxygens (including phenoxy) is 1. The molecule has 0 spiro atoms. The van der Waals surface area contributed by atoms with Gasteiger partial charge in [-0.15, -0.1) is 0 Å². The molecule has 0 aromatic carbocycles. The lowest BCUT2D eigenvalue weighted by atomic mass is 10.1. The molecule has 0 aliphatic carbocycles. The SMILES string of the molecule is CNCc1nc(C(C)C)ncc1N(C)C1CCOC1. The van der Waals surface area contributed by atoms with Gasteiger partial charge in [0.05, 0.1) is 30.2 Å². The minimum Gasteiger partial charge on any atom is -0.379 e. The van der Waals surface area contributed by atoms with Gasteiger partial charge in [-0.2, -0.15) is 0 Å². The first-order valence-corrected chi connectivity index (χ1v) is 6.94. The summed E-state index contributed by atoms with van der Waals surface area (Å²) < 4.78 is 5.46. The summed E-state index contributed by atoms with van der Waals surface area (Å²) >= 11 is 0. The Morgan fingerprint density at radius 3 is 2.89 bits per heavy atom. The van der Waals surface area contributed by atoms with Crippen LogP contribution in [0.3, 0.4) is 0 Å². The average molecular weight is 264 g/mol. The van der Waals surface area contributed by atoms with E-state index in [0.717, 1.165) is 43.4 Å². The van der Waals surface area contributed by atoms with Crippen molar-refractivity contribution < 1.29 is 4.74 Å². The van der Waals surface area contributed by atoms with Crippen LogP contribution in [0.15, 0.2) is 6.20 Å². The molecule has 1 aliphatic heterocycles. The van der Waals surface area contributed by atoms with Gasteiger partial charge in [-0.3, -0.25) is 0 Å². The van der Waals surface area contributed by atoms with Crippen LogP contribution in [0.1, 0.15) is 37.7 Å². The third kappa shape index (κ3) is 3.22. The Morgan fingerprint density at radius 1 is 1.53 bits per heavy atom. The second-order valence-electron chi connectivity index (χ2n) is 5.37. The molecule has 1 aromatic rings. The molecule has 1 unspecified atom stereocenters. The largest absolute Gasteiger partial charge is 0.379 e. The minimum atomic E-state index is 0.352. The molecule has 0 radical (unpaired) electrons. The molecule has 1 fully saturated rings. The normalized spacial score (nSPS) is 19.1. The van der Waals surface area contributed by atoms with Gasteiger partial charge in [0.25, 0.3) is 0 Å². The number of anilines is 1. The molecule has 1 saturated heterocycles. The smallest absolute Gasteiger partial charge is 0.131 e.